The number of fused-ring (bicyclic) bond motifs is 1. The molecule has 0 atom stereocenters. The van der Waals surface area contributed by atoms with Crippen molar-refractivity contribution in [2.75, 3.05) is 70.7 Å². The maximum absolute atomic E-state index is 12.2. The fraction of sp³-hybridized carbons (Fsp3) is 0.588. The van der Waals surface area contributed by atoms with Gasteiger partial charge in [0.15, 0.2) is 5.52 Å². The summed E-state index contributed by atoms with van der Waals surface area (Å²) in [7, 11) is 0. The zero-order chi connectivity index (χ0) is 22.8. The Balaban J connectivity index is 1.37. The summed E-state index contributed by atoms with van der Waals surface area (Å²) in [6.45, 7) is 3.48. The van der Waals surface area contributed by atoms with Crippen molar-refractivity contribution < 1.29 is 28.6 Å². The second kappa shape index (κ2) is 11.6. The van der Waals surface area contributed by atoms with Crippen LogP contribution in [0.5, 0.6) is 0 Å². The molecule has 0 radical (unpaired) electrons. The molecular weight excluding hydrogens is 428 g/mol. The molecule has 1 fully saturated rings. The van der Waals surface area contributed by atoms with Crippen molar-refractivity contribution in [1.82, 2.24) is 15.2 Å². The van der Waals surface area contributed by atoms with Crippen LogP contribution >= 0.6 is 0 Å². The number of nitro benzene ring substituents is 1. The number of ether oxygens (including phenoxy) is 3. The molecular formula is C17H22N8O7. The number of amides is 1. The van der Waals surface area contributed by atoms with E-state index in [-0.39, 0.29) is 31.0 Å². The number of rotatable bonds is 11. The number of nitrogens with zero attached hydrogens (tertiary/aromatic N) is 8. The maximum Gasteiger partial charge on any atom is 0.409 e. The van der Waals surface area contributed by atoms with Gasteiger partial charge in [0.1, 0.15) is 6.61 Å². The predicted octanol–water partition coefficient (Wildman–Crippen LogP) is 1.73. The SMILES string of the molecule is [N-]=[N+]=NCCOCCOCCOC(=O)N1CCN(c2ccc([N+](=O)[O-])c3nonc23)CC1. The van der Waals surface area contributed by atoms with Crippen molar-refractivity contribution in [3.63, 3.8) is 0 Å². The van der Waals surface area contributed by atoms with Crippen molar-refractivity contribution in [1.29, 1.82) is 0 Å². The Kier molecular flexibility index (Phi) is 8.36. The standard InChI is InChI=1S/C17H22N8O7/c18-22-19-3-8-29-9-10-30-11-12-31-17(26)24-6-4-23(5-7-24)13-1-2-14(25(27)28)16-15(13)20-32-21-16/h1-2H,3-12H2. The van der Waals surface area contributed by atoms with Crippen LogP contribution in [0, 0.1) is 10.1 Å². The van der Waals surface area contributed by atoms with E-state index in [4.69, 9.17) is 24.4 Å². The first-order valence-electron chi connectivity index (χ1n) is 9.84. The van der Waals surface area contributed by atoms with Gasteiger partial charge in [-0.2, -0.15) is 0 Å². The third kappa shape index (κ3) is 5.94. The minimum Gasteiger partial charge on any atom is -0.447 e. The highest BCUT2D eigenvalue weighted by Gasteiger charge is 2.26. The Hall–Kier alpha value is -3.68. The third-order valence-corrected chi connectivity index (χ3v) is 4.67. The van der Waals surface area contributed by atoms with E-state index in [1.807, 2.05) is 4.90 Å². The molecule has 15 heteroatoms. The Morgan fingerprint density at radius 3 is 2.53 bits per heavy atom. The fourth-order valence-electron chi connectivity index (χ4n) is 3.12. The smallest absolute Gasteiger partial charge is 0.409 e. The lowest BCUT2D eigenvalue weighted by atomic mass is 10.2. The van der Waals surface area contributed by atoms with Crippen molar-refractivity contribution in [3.05, 3.63) is 32.7 Å². The molecule has 2 aromatic rings. The molecule has 1 amide bonds. The number of benzene rings is 1. The molecule has 2 heterocycles. The molecule has 0 spiro atoms. The number of anilines is 1. The molecule has 1 aromatic carbocycles. The Morgan fingerprint density at radius 2 is 1.81 bits per heavy atom. The third-order valence-electron chi connectivity index (χ3n) is 4.67. The highest BCUT2D eigenvalue weighted by atomic mass is 16.6. The number of azide groups is 1. The first kappa shape index (κ1) is 23.0. The van der Waals surface area contributed by atoms with Crippen LogP contribution in [0.25, 0.3) is 21.5 Å². The first-order chi connectivity index (χ1) is 15.6. The molecule has 3 rings (SSSR count). The molecule has 0 unspecified atom stereocenters. The van der Waals surface area contributed by atoms with Crippen LogP contribution in [0.2, 0.25) is 0 Å². The molecule has 0 bridgehead atoms. The van der Waals surface area contributed by atoms with E-state index in [0.717, 1.165) is 0 Å². The van der Waals surface area contributed by atoms with Gasteiger partial charge in [0.05, 0.1) is 37.0 Å². The highest BCUT2D eigenvalue weighted by Crippen LogP contribution is 2.31. The lowest BCUT2D eigenvalue weighted by molar-refractivity contribution is -0.383. The number of hydrogen-bond donors (Lipinski definition) is 0. The van der Waals surface area contributed by atoms with Crippen LogP contribution in [0.1, 0.15) is 0 Å². The molecule has 172 valence electrons. The number of aromatic nitrogens is 2. The van der Waals surface area contributed by atoms with E-state index < -0.39 is 11.0 Å². The fourth-order valence-corrected chi connectivity index (χ4v) is 3.12. The number of carbonyl (C=O) groups is 1. The Morgan fingerprint density at radius 1 is 1.12 bits per heavy atom. The monoisotopic (exact) mass is 450 g/mol. The Labute approximate surface area is 181 Å². The summed E-state index contributed by atoms with van der Waals surface area (Å²) < 4.78 is 20.4. The van der Waals surface area contributed by atoms with Gasteiger partial charge in [-0.25, -0.2) is 9.42 Å². The predicted molar refractivity (Wildman–Crippen MR) is 109 cm³/mol. The number of piperazine rings is 1. The summed E-state index contributed by atoms with van der Waals surface area (Å²) in [5, 5.41) is 21.9. The van der Waals surface area contributed by atoms with Crippen LogP contribution < -0.4 is 4.90 Å². The largest absolute Gasteiger partial charge is 0.447 e. The maximum atomic E-state index is 12.2. The summed E-state index contributed by atoms with van der Waals surface area (Å²) in [5.41, 5.74) is 9.02. The quantitative estimate of drug-likeness (QED) is 0.122. The topological polar surface area (TPSA) is 182 Å². The van der Waals surface area contributed by atoms with Gasteiger partial charge in [0.25, 0.3) is 0 Å². The van der Waals surface area contributed by atoms with Gasteiger partial charge in [-0.3, -0.25) is 10.1 Å². The number of carbonyl (C=O) groups excluding carboxylic acids is 1. The molecule has 0 saturated carbocycles. The minimum atomic E-state index is -0.535. The molecule has 0 N–H and O–H groups in total. The van der Waals surface area contributed by atoms with Gasteiger partial charge in [-0.1, -0.05) is 5.11 Å². The van der Waals surface area contributed by atoms with Crippen LogP contribution in [-0.2, 0) is 14.2 Å². The number of non-ortho nitro benzene ring substituents is 1. The zero-order valence-electron chi connectivity index (χ0n) is 17.2. The minimum absolute atomic E-state index is 0.0930. The van der Waals surface area contributed by atoms with Crippen molar-refractivity contribution in [2.45, 2.75) is 0 Å². The molecule has 0 aliphatic carbocycles. The zero-order valence-corrected chi connectivity index (χ0v) is 17.2. The lowest BCUT2D eigenvalue weighted by Gasteiger charge is -2.35. The summed E-state index contributed by atoms with van der Waals surface area (Å²) >= 11 is 0. The van der Waals surface area contributed by atoms with Crippen LogP contribution in [-0.4, -0.2) is 92.0 Å². The van der Waals surface area contributed by atoms with E-state index in [1.165, 1.54) is 6.07 Å². The van der Waals surface area contributed by atoms with Gasteiger partial charge in [0.2, 0.25) is 5.52 Å². The second-order valence-electron chi connectivity index (χ2n) is 6.59. The van der Waals surface area contributed by atoms with Gasteiger partial charge in [-0.15, -0.1) is 0 Å². The van der Waals surface area contributed by atoms with Crippen molar-refractivity contribution in [2.24, 2.45) is 5.11 Å². The van der Waals surface area contributed by atoms with Crippen molar-refractivity contribution in [3.8, 4) is 0 Å². The van der Waals surface area contributed by atoms with Crippen LogP contribution in [0.4, 0.5) is 16.2 Å². The van der Waals surface area contributed by atoms with Crippen LogP contribution in [0.15, 0.2) is 21.9 Å². The number of nitro groups is 1. The van der Waals surface area contributed by atoms with E-state index in [9.17, 15) is 14.9 Å². The second-order valence-corrected chi connectivity index (χ2v) is 6.59. The van der Waals surface area contributed by atoms with Gasteiger partial charge in [-0.05, 0) is 21.9 Å². The Bertz CT molecular complexity index is 969. The van der Waals surface area contributed by atoms with Crippen LogP contribution in [0.3, 0.4) is 0 Å². The molecule has 15 nitrogen and oxygen atoms in total. The summed E-state index contributed by atoms with van der Waals surface area (Å²) in [6, 6.07) is 2.98. The van der Waals surface area contributed by atoms with E-state index in [2.05, 4.69) is 20.3 Å². The van der Waals surface area contributed by atoms with Gasteiger partial charge < -0.3 is 24.0 Å². The number of hydrogen-bond acceptors (Lipinski definition) is 11. The average Bonchev–Trinajstić information content (AvgIpc) is 3.29. The first-order valence-corrected chi connectivity index (χ1v) is 9.84. The summed E-state index contributed by atoms with van der Waals surface area (Å²) in [5.74, 6) is 0. The molecule has 1 aromatic heterocycles. The lowest BCUT2D eigenvalue weighted by Crippen LogP contribution is -2.49. The van der Waals surface area contributed by atoms with E-state index in [1.54, 1.807) is 11.0 Å². The summed E-state index contributed by atoms with van der Waals surface area (Å²) in [6.07, 6.45) is -0.434. The van der Waals surface area contributed by atoms with E-state index in [0.29, 0.717) is 57.2 Å². The highest BCUT2D eigenvalue weighted by molar-refractivity contribution is 5.93. The molecule has 32 heavy (non-hydrogen) atoms. The van der Waals surface area contributed by atoms with Gasteiger partial charge in [0, 0.05) is 43.7 Å². The summed E-state index contributed by atoms with van der Waals surface area (Å²) in [4.78, 5) is 29.0. The average molecular weight is 450 g/mol. The van der Waals surface area contributed by atoms with Gasteiger partial charge >= 0.3 is 11.8 Å². The molecule has 1 saturated heterocycles. The molecule has 1 aliphatic rings. The van der Waals surface area contributed by atoms with Crippen molar-refractivity contribution >= 4 is 28.5 Å². The normalized spacial score (nSPS) is 13.8. The van der Waals surface area contributed by atoms with E-state index >= 15 is 0 Å². The molecule has 1 aliphatic heterocycles.